The molecule has 3 aliphatic heterocycles. The van der Waals surface area contributed by atoms with Crippen molar-refractivity contribution < 1.29 is 132 Å². The summed E-state index contributed by atoms with van der Waals surface area (Å²) < 4.78 is 60.7. The lowest BCUT2D eigenvalue weighted by molar-refractivity contribution is -0.373. The minimum atomic E-state index is -2.51. The predicted molar refractivity (Wildman–Crippen MR) is 233 cm³/mol. The predicted octanol–water partition coefficient (Wildman–Crippen LogP) is -2.03. The van der Waals surface area contributed by atoms with Crippen LogP contribution >= 0.6 is 0 Å². The lowest BCUT2D eigenvalue weighted by atomic mass is 9.95. The molecular formula is C45H46O28. The van der Waals surface area contributed by atoms with Crippen LogP contribution in [0.25, 0.3) is 28.4 Å². The lowest BCUT2D eigenvalue weighted by Gasteiger charge is -2.47. The zero-order valence-electron chi connectivity index (χ0n) is 37.8. The van der Waals surface area contributed by atoms with Gasteiger partial charge in [0.05, 0.1) is 21.3 Å². The van der Waals surface area contributed by atoms with Crippen LogP contribution in [0.1, 0.15) is 5.56 Å². The van der Waals surface area contributed by atoms with Crippen LogP contribution in [0.3, 0.4) is 0 Å². The van der Waals surface area contributed by atoms with Gasteiger partial charge in [-0.05, 0) is 35.9 Å². The fraction of sp³-hybridized carbons (Fsp3) is 0.400. The van der Waals surface area contributed by atoms with E-state index in [0.717, 1.165) is 30.4 Å². The van der Waals surface area contributed by atoms with Crippen molar-refractivity contribution in [3.05, 3.63) is 70.4 Å². The van der Waals surface area contributed by atoms with E-state index in [4.69, 9.17) is 51.8 Å². The summed E-state index contributed by atoms with van der Waals surface area (Å²) >= 11 is 0. The number of methoxy groups -OCH3 is 3. The maximum absolute atomic E-state index is 13.6. The van der Waals surface area contributed by atoms with Gasteiger partial charge in [0.15, 0.2) is 71.5 Å². The van der Waals surface area contributed by atoms with Gasteiger partial charge in [-0.1, -0.05) is 6.07 Å². The number of aromatic hydroxyl groups is 3. The third-order valence-electron chi connectivity index (χ3n) is 11.6. The summed E-state index contributed by atoms with van der Waals surface area (Å²) in [6.45, 7) is 0. The van der Waals surface area contributed by atoms with Crippen molar-refractivity contribution in [2.24, 2.45) is 0 Å². The van der Waals surface area contributed by atoms with Gasteiger partial charge in [-0.15, -0.1) is 0 Å². The first kappa shape index (κ1) is 53.4. The third-order valence-corrected chi connectivity index (χ3v) is 11.6. The number of ether oxygens (including phenoxy) is 10. The molecule has 0 bridgehead atoms. The summed E-state index contributed by atoms with van der Waals surface area (Å²) in [6, 6.07) is 9.20. The number of carbonyl (C=O) groups excluding carboxylic acids is 1. The van der Waals surface area contributed by atoms with Gasteiger partial charge in [-0.25, -0.2) is 19.2 Å². The largest absolute Gasteiger partial charge is 0.507 e. The summed E-state index contributed by atoms with van der Waals surface area (Å²) in [5.41, 5.74) is -0.889. The van der Waals surface area contributed by atoms with Crippen molar-refractivity contribution in [2.45, 2.75) is 92.1 Å². The highest BCUT2D eigenvalue weighted by Gasteiger charge is 2.58. The fourth-order valence-electron chi connectivity index (χ4n) is 7.93. The van der Waals surface area contributed by atoms with Crippen LogP contribution < -0.4 is 24.4 Å². The molecule has 28 nitrogen and oxygen atoms in total. The summed E-state index contributed by atoms with van der Waals surface area (Å²) in [4.78, 5) is 63.9. The molecule has 0 radical (unpaired) electrons. The van der Waals surface area contributed by atoms with Crippen molar-refractivity contribution in [2.75, 3.05) is 21.3 Å². The average molecular weight is 1030 g/mol. The number of rotatable bonds is 16. The molecule has 7 rings (SSSR count). The van der Waals surface area contributed by atoms with E-state index in [2.05, 4.69) is 0 Å². The number of phenols is 3. The van der Waals surface area contributed by atoms with Crippen LogP contribution in [0.15, 0.2) is 63.8 Å². The van der Waals surface area contributed by atoms with Crippen LogP contribution in [-0.4, -0.2) is 199 Å². The van der Waals surface area contributed by atoms with E-state index in [1.54, 1.807) is 0 Å². The minimum Gasteiger partial charge on any atom is -0.507 e. The van der Waals surface area contributed by atoms with Crippen LogP contribution in [-0.2, 0) is 47.6 Å². The number of esters is 1. The number of phenolic OH excluding ortho intramolecular Hbond substituents is 3. The van der Waals surface area contributed by atoms with Crippen LogP contribution in [0.4, 0.5) is 0 Å². The zero-order chi connectivity index (χ0) is 53.3. The molecule has 3 saturated heterocycles. The molecule has 0 amide bonds. The van der Waals surface area contributed by atoms with Gasteiger partial charge in [0.1, 0.15) is 71.0 Å². The molecule has 3 fully saturated rings. The van der Waals surface area contributed by atoms with Crippen molar-refractivity contribution >= 4 is 40.9 Å². The van der Waals surface area contributed by atoms with E-state index < -0.39 is 150 Å². The first-order valence-corrected chi connectivity index (χ1v) is 21.3. The molecule has 1 aromatic heterocycles. The Labute approximate surface area is 408 Å². The highest BCUT2D eigenvalue weighted by Crippen LogP contribution is 2.42. The molecule has 0 spiro atoms. The Morgan fingerprint density at radius 1 is 0.575 bits per heavy atom. The Morgan fingerprint density at radius 3 is 1.74 bits per heavy atom. The molecule has 4 aromatic rings. The van der Waals surface area contributed by atoms with Gasteiger partial charge in [-0.2, -0.15) is 0 Å². The zero-order valence-corrected chi connectivity index (χ0v) is 37.8. The second-order valence-corrected chi connectivity index (χ2v) is 16.2. The summed E-state index contributed by atoms with van der Waals surface area (Å²) in [6.07, 6.45) is -33.8. The Hall–Kier alpha value is -7.35. The Bertz CT molecular complexity index is 2780. The van der Waals surface area contributed by atoms with Gasteiger partial charge in [-0.3, -0.25) is 4.79 Å². The molecule has 12 N–H and O–H groups in total. The number of benzene rings is 3. The number of hydrogen-bond acceptors (Lipinski definition) is 25. The normalized spacial score (nSPS) is 30.3. The Kier molecular flexibility index (Phi) is 16.0. The summed E-state index contributed by atoms with van der Waals surface area (Å²) in [5.74, 6) is -9.53. The minimum absolute atomic E-state index is 0.0271. The number of fused-ring (bicyclic) bond motifs is 1. The number of carboxylic acids is 3. The number of aliphatic hydroxyl groups excluding tert-OH is 6. The maximum atomic E-state index is 13.6. The molecule has 73 heavy (non-hydrogen) atoms. The summed E-state index contributed by atoms with van der Waals surface area (Å²) in [7, 11) is 3.72. The number of aliphatic hydroxyl groups is 6. The number of carboxylic acid groups (broad SMARTS) is 3. The van der Waals surface area contributed by atoms with Gasteiger partial charge in [0.25, 0.3) is 0 Å². The smallest absolute Gasteiger partial charge is 0.335 e. The van der Waals surface area contributed by atoms with E-state index in [-0.39, 0.29) is 39.9 Å². The topological polar surface area (TPSA) is 434 Å². The molecule has 0 aliphatic carbocycles. The lowest BCUT2D eigenvalue weighted by Crippen LogP contribution is -2.68. The Morgan fingerprint density at radius 2 is 1.14 bits per heavy atom. The van der Waals surface area contributed by atoms with Gasteiger partial charge in [0.2, 0.25) is 12.0 Å². The van der Waals surface area contributed by atoms with Crippen LogP contribution in [0.5, 0.6) is 40.2 Å². The second-order valence-electron chi connectivity index (χ2n) is 16.2. The molecule has 0 saturated carbocycles. The number of carbonyl (C=O) groups is 4. The molecule has 28 heteroatoms. The average Bonchev–Trinajstić information content (AvgIpc) is 3.34. The molecule has 15 atom stereocenters. The van der Waals surface area contributed by atoms with E-state index in [9.17, 15) is 85.3 Å². The highest BCUT2D eigenvalue weighted by atomic mass is 16.8. The maximum Gasteiger partial charge on any atom is 0.335 e. The number of aliphatic carboxylic acids is 3. The van der Waals surface area contributed by atoms with E-state index in [1.165, 1.54) is 51.7 Å². The first-order valence-electron chi connectivity index (χ1n) is 21.3. The molecule has 394 valence electrons. The quantitative estimate of drug-likeness (QED) is 0.0425. The second kappa shape index (κ2) is 21.8. The Balaban J connectivity index is 1.29. The standard InChI is InChI=1S/C45H46O28/c1-63-21-8-14(4-6-17(21)46)5-7-25(49)68-39-34(69-43-32(55)28(51)29(52)35(70-43)40(57)58)33(56)37(42(61)62)72-45(39)73-38-31(54)30(53)36(41(59)60)71-44(38)66-16-11-18(47)26-19(48)13-20(67-22(26)12-16)15-9-23(64-2)27(50)24(10-15)65-3/h4-13,28-39,43-47,50-56H,1-3H3,(H,57,58)(H,59,60)(H,61,62). The van der Waals surface area contributed by atoms with Crippen molar-refractivity contribution in [1.82, 2.24) is 0 Å². The fourth-order valence-corrected chi connectivity index (χ4v) is 7.93. The van der Waals surface area contributed by atoms with Crippen LogP contribution in [0.2, 0.25) is 0 Å². The molecule has 3 aromatic carbocycles. The van der Waals surface area contributed by atoms with Gasteiger partial charge >= 0.3 is 23.9 Å². The van der Waals surface area contributed by atoms with Gasteiger partial charge < -0.3 is 113 Å². The van der Waals surface area contributed by atoms with Gasteiger partial charge in [0, 0.05) is 29.8 Å². The van der Waals surface area contributed by atoms with Crippen molar-refractivity contribution in [3.63, 3.8) is 0 Å². The van der Waals surface area contributed by atoms with E-state index in [0.29, 0.717) is 0 Å². The highest BCUT2D eigenvalue weighted by molar-refractivity contribution is 5.88. The van der Waals surface area contributed by atoms with Crippen molar-refractivity contribution in [1.29, 1.82) is 0 Å². The molecule has 15 unspecified atom stereocenters. The molecule has 3 aliphatic rings. The first-order chi connectivity index (χ1) is 34.6. The monoisotopic (exact) mass is 1030 g/mol. The third kappa shape index (κ3) is 10.9. The van der Waals surface area contributed by atoms with Crippen LogP contribution in [0, 0.1) is 0 Å². The molecule has 4 heterocycles. The number of hydrogen-bond donors (Lipinski definition) is 12. The summed E-state index contributed by atoms with van der Waals surface area (Å²) in [5, 5.41) is 127. The molecular weight excluding hydrogens is 988 g/mol. The van der Waals surface area contributed by atoms with E-state index in [1.807, 2.05) is 0 Å². The van der Waals surface area contributed by atoms with Crippen molar-refractivity contribution in [3.8, 4) is 51.6 Å². The SMILES string of the molecule is COc1cc(C=CC(=O)OC2C(OC3C(Oc4cc(O)c5c(=O)cc(-c6cc(OC)c(O)c(OC)c6)oc5c4)OC(C(=O)O)C(O)C3O)OC(C(=O)O)C(O)C2OC2OC(C(=O)O)C(O)C(O)C2O)ccc1O. The van der Waals surface area contributed by atoms with E-state index >= 15 is 0 Å².